The predicted octanol–water partition coefficient (Wildman–Crippen LogP) is 0.0291. The maximum Gasteiger partial charge on any atom is 0.254 e. The van der Waals surface area contributed by atoms with Crippen molar-refractivity contribution >= 4 is 21.6 Å². The molecule has 0 fully saturated rings. The minimum absolute atomic E-state index is 0.0941. The van der Waals surface area contributed by atoms with Crippen molar-refractivity contribution in [1.29, 1.82) is 0 Å². The van der Waals surface area contributed by atoms with Gasteiger partial charge >= 0.3 is 0 Å². The van der Waals surface area contributed by atoms with Crippen LogP contribution in [-0.4, -0.2) is 45.0 Å². The number of benzene rings is 1. The highest BCUT2D eigenvalue weighted by Crippen LogP contribution is 2.11. The van der Waals surface area contributed by atoms with Crippen molar-refractivity contribution in [2.45, 2.75) is 0 Å². The van der Waals surface area contributed by atoms with E-state index in [1.54, 1.807) is 0 Å². The average Bonchev–Trinajstić information content (AvgIpc) is 2.28. The molecule has 3 N–H and O–H groups in total. The fraction of sp³-hybridized carbons (Fsp3) is 0.364. The van der Waals surface area contributed by atoms with E-state index in [4.69, 9.17) is 5.73 Å². The molecule has 1 rings (SSSR count). The second-order valence-corrected chi connectivity index (χ2v) is 6.40. The van der Waals surface area contributed by atoms with Crippen LogP contribution in [0, 0.1) is 5.82 Å². The lowest BCUT2D eigenvalue weighted by Gasteiger charge is -2.11. The summed E-state index contributed by atoms with van der Waals surface area (Å²) in [6, 6.07) is 3.68. The molecule has 1 aromatic rings. The van der Waals surface area contributed by atoms with E-state index in [0.29, 0.717) is 0 Å². The molecule has 1 amide bonds. The standard InChI is InChI=1S/C11H16FN3O3S/c1-15(2)19(17,18)6-5-14-11(16)9-4-3-8(13)7-10(9)12/h3-4,7H,5-6,13H2,1-2H3,(H,14,16). The number of halogens is 1. The highest BCUT2D eigenvalue weighted by atomic mass is 32.2. The minimum atomic E-state index is -3.39. The zero-order chi connectivity index (χ0) is 14.6. The third-order valence-electron chi connectivity index (χ3n) is 2.44. The van der Waals surface area contributed by atoms with Crippen molar-refractivity contribution in [3.05, 3.63) is 29.6 Å². The second-order valence-electron chi connectivity index (χ2n) is 4.09. The number of hydrogen-bond donors (Lipinski definition) is 2. The molecule has 0 bridgehead atoms. The Hall–Kier alpha value is -1.67. The quantitative estimate of drug-likeness (QED) is 0.748. The molecular formula is C11H16FN3O3S. The molecular weight excluding hydrogens is 273 g/mol. The van der Waals surface area contributed by atoms with E-state index in [9.17, 15) is 17.6 Å². The number of nitrogen functional groups attached to an aromatic ring is 1. The van der Waals surface area contributed by atoms with Crippen LogP contribution in [0.2, 0.25) is 0 Å². The van der Waals surface area contributed by atoms with Crippen molar-refractivity contribution in [2.24, 2.45) is 0 Å². The van der Waals surface area contributed by atoms with Crippen LogP contribution in [-0.2, 0) is 10.0 Å². The number of hydrogen-bond acceptors (Lipinski definition) is 4. The SMILES string of the molecule is CN(C)S(=O)(=O)CCNC(=O)c1ccc(N)cc1F. The molecule has 0 radical (unpaired) electrons. The Kier molecular flexibility index (Phi) is 4.84. The molecule has 0 aliphatic carbocycles. The maximum atomic E-state index is 13.4. The number of sulfonamides is 1. The first-order chi connectivity index (χ1) is 8.74. The van der Waals surface area contributed by atoms with Gasteiger partial charge in [-0.3, -0.25) is 4.79 Å². The third-order valence-corrected chi connectivity index (χ3v) is 4.27. The monoisotopic (exact) mass is 289 g/mol. The Morgan fingerprint density at radius 2 is 2.05 bits per heavy atom. The van der Waals surface area contributed by atoms with Gasteiger partial charge in [0.05, 0.1) is 11.3 Å². The lowest BCUT2D eigenvalue weighted by atomic mass is 10.2. The molecule has 6 nitrogen and oxygen atoms in total. The van der Waals surface area contributed by atoms with Gasteiger partial charge < -0.3 is 11.1 Å². The van der Waals surface area contributed by atoms with Crippen molar-refractivity contribution in [3.63, 3.8) is 0 Å². The summed E-state index contributed by atoms with van der Waals surface area (Å²) in [6.07, 6.45) is 0. The molecule has 19 heavy (non-hydrogen) atoms. The normalized spacial score (nSPS) is 11.6. The van der Waals surface area contributed by atoms with Gasteiger partial charge in [-0.05, 0) is 18.2 Å². The molecule has 0 aliphatic rings. The minimum Gasteiger partial charge on any atom is -0.399 e. The molecule has 0 saturated heterocycles. The fourth-order valence-corrected chi connectivity index (χ4v) is 2.01. The van der Waals surface area contributed by atoms with Crippen LogP contribution in [0.1, 0.15) is 10.4 Å². The van der Waals surface area contributed by atoms with Gasteiger partial charge in [0, 0.05) is 26.3 Å². The molecule has 106 valence electrons. The number of amides is 1. The van der Waals surface area contributed by atoms with Crippen LogP contribution < -0.4 is 11.1 Å². The summed E-state index contributed by atoms with van der Waals surface area (Å²) in [5.74, 6) is -1.66. The summed E-state index contributed by atoms with van der Waals surface area (Å²) in [6.45, 7) is -0.0941. The van der Waals surface area contributed by atoms with Crippen molar-refractivity contribution < 1.29 is 17.6 Å². The first-order valence-electron chi connectivity index (χ1n) is 5.47. The van der Waals surface area contributed by atoms with Gasteiger partial charge in [-0.15, -0.1) is 0 Å². The number of carbonyl (C=O) groups is 1. The summed E-state index contributed by atoms with van der Waals surface area (Å²) >= 11 is 0. The van der Waals surface area contributed by atoms with Crippen LogP contribution in [0.5, 0.6) is 0 Å². The van der Waals surface area contributed by atoms with Gasteiger partial charge in [0.2, 0.25) is 10.0 Å². The first kappa shape index (κ1) is 15.4. The van der Waals surface area contributed by atoms with Crippen LogP contribution in [0.3, 0.4) is 0 Å². The highest BCUT2D eigenvalue weighted by molar-refractivity contribution is 7.89. The Balaban J connectivity index is 2.62. The summed E-state index contributed by atoms with van der Waals surface area (Å²) in [7, 11) is -0.589. The van der Waals surface area contributed by atoms with E-state index in [1.165, 1.54) is 26.2 Å². The van der Waals surface area contributed by atoms with Gasteiger partial charge in [0.25, 0.3) is 5.91 Å². The number of carbonyl (C=O) groups excluding carboxylic acids is 1. The van der Waals surface area contributed by atoms with Gasteiger partial charge in [-0.2, -0.15) is 0 Å². The Morgan fingerprint density at radius 3 is 2.58 bits per heavy atom. The number of nitrogens with two attached hydrogens (primary N) is 1. The lowest BCUT2D eigenvalue weighted by molar-refractivity contribution is 0.0952. The Morgan fingerprint density at radius 1 is 1.42 bits per heavy atom. The molecule has 0 aliphatic heterocycles. The molecule has 0 aromatic heterocycles. The van der Waals surface area contributed by atoms with Crippen LogP contribution >= 0.6 is 0 Å². The van der Waals surface area contributed by atoms with Gasteiger partial charge in [0.1, 0.15) is 5.82 Å². The third kappa shape index (κ3) is 4.18. The van der Waals surface area contributed by atoms with Crippen LogP contribution in [0.25, 0.3) is 0 Å². The fourth-order valence-electron chi connectivity index (χ4n) is 1.29. The molecule has 0 atom stereocenters. The molecule has 0 saturated carbocycles. The summed E-state index contributed by atoms with van der Waals surface area (Å²) in [5.41, 5.74) is 5.40. The molecule has 8 heteroatoms. The predicted molar refractivity (Wildman–Crippen MR) is 70.6 cm³/mol. The van der Waals surface area contributed by atoms with Crippen molar-refractivity contribution in [3.8, 4) is 0 Å². The Labute approximate surface area is 111 Å². The molecule has 0 spiro atoms. The van der Waals surface area contributed by atoms with E-state index in [-0.39, 0.29) is 23.5 Å². The van der Waals surface area contributed by atoms with Crippen LogP contribution in [0.15, 0.2) is 18.2 Å². The van der Waals surface area contributed by atoms with Gasteiger partial charge in [-0.1, -0.05) is 0 Å². The van der Waals surface area contributed by atoms with E-state index >= 15 is 0 Å². The second kappa shape index (κ2) is 5.98. The molecule has 0 heterocycles. The number of nitrogens with zero attached hydrogens (tertiary/aromatic N) is 1. The van der Waals surface area contributed by atoms with E-state index in [2.05, 4.69) is 5.32 Å². The molecule has 0 unspecified atom stereocenters. The van der Waals surface area contributed by atoms with Crippen molar-refractivity contribution in [2.75, 3.05) is 32.1 Å². The average molecular weight is 289 g/mol. The van der Waals surface area contributed by atoms with E-state index in [1.807, 2.05) is 0 Å². The van der Waals surface area contributed by atoms with Crippen LogP contribution in [0.4, 0.5) is 10.1 Å². The summed E-state index contributed by atoms with van der Waals surface area (Å²) in [5, 5.41) is 2.34. The number of rotatable bonds is 5. The van der Waals surface area contributed by atoms with E-state index < -0.39 is 21.7 Å². The maximum absolute atomic E-state index is 13.4. The zero-order valence-electron chi connectivity index (χ0n) is 10.7. The topological polar surface area (TPSA) is 92.5 Å². The van der Waals surface area contributed by atoms with E-state index in [0.717, 1.165) is 10.4 Å². The Bertz CT molecular complexity index is 573. The molecule has 1 aromatic carbocycles. The number of anilines is 1. The van der Waals surface area contributed by atoms with Gasteiger partial charge in [-0.25, -0.2) is 17.1 Å². The number of nitrogens with one attached hydrogen (secondary N) is 1. The first-order valence-corrected chi connectivity index (χ1v) is 7.08. The lowest BCUT2D eigenvalue weighted by Crippen LogP contribution is -2.34. The highest BCUT2D eigenvalue weighted by Gasteiger charge is 2.15. The smallest absolute Gasteiger partial charge is 0.254 e. The largest absolute Gasteiger partial charge is 0.399 e. The van der Waals surface area contributed by atoms with Gasteiger partial charge in [0.15, 0.2) is 0 Å². The summed E-state index contributed by atoms with van der Waals surface area (Å²) < 4.78 is 37.4. The van der Waals surface area contributed by atoms with Crippen molar-refractivity contribution in [1.82, 2.24) is 9.62 Å². The summed E-state index contributed by atoms with van der Waals surface area (Å²) in [4.78, 5) is 11.6. The zero-order valence-corrected chi connectivity index (χ0v) is 11.5.